The second-order valence-corrected chi connectivity index (χ2v) is 13.7. The van der Waals surface area contributed by atoms with Crippen molar-refractivity contribution in [1.29, 1.82) is 0 Å². The number of nitrogens with zero attached hydrogens (tertiary/aromatic N) is 2. The van der Waals surface area contributed by atoms with Crippen molar-refractivity contribution in [3.63, 3.8) is 0 Å². The molecule has 2 unspecified atom stereocenters. The second-order valence-electron chi connectivity index (χ2n) is 13.7. The van der Waals surface area contributed by atoms with Crippen molar-refractivity contribution in [3.8, 4) is 11.1 Å². The van der Waals surface area contributed by atoms with Gasteiger partial charge in [0, 0.05) is 27.1 Å². The fourth-order valence-corrected chi connectivity index (χ4v) is 7.90. The zero-order valence-electron chi connectivity index (χ0n) is 28.2. The number of para-hydroxylation sites is 3. The Kier molecular flexibility index (Phi) is 6.95. The van der Waals surface area contributed by atoms with Gasteiger partial charge in [0.2, 0.25) is 0 Å². The fourth-order valence-electron chi connectivity index (χ4n) is 7.90. The average molecular weight is 659 g/mol. The van der Waals surface area contributed by atoms with Crippen LogP contribution < -0.4 is 0 Å². The quantitative estimate of drug-likeness (QED) is 0.189. The number of furan rings is 2. The molecule has 51 heavy (non-hydrogen) atoms. The van der Waals surface area contributed by atoms with E-state index in [9.17, 15) is 0 Å². The van der Waals surface area contributed by atoms with E-state index in [1.165, 1.54) is 27.5 Å². The Morgan fingerprint density at radius 1 is 0.549 bits per heavy atom. The number of benzene rings is 7. The van der Waals surface area contributed by atoms with Crippen LogP contribution in [0, 0.1) is 5.92 Å². The molecule has 9 aromatic rings. The lowest BCUT2D eigenvalue weighted by atomic mass is 9.87. The monoisotopic (exact) mass is 658 g/mol. The van der Waals surface area contributed by atoms with Gasteiger partial charge >= 0.3 is 0 Å². The Morgan fingerprint density at radius 3 is 2.08 bits per heavy atom. The molecule has 0 saturated carbocycles. The van der Waals surface area contributed by atoms with Gasteiger partial charge in [-0.25, -0.2) is 4.99 Å². The van der Waals surface area contributed by atoms with E-state index in [1.54, 1.807) is 0 Å². The first-order valence-corrected chi connectivity index (χ1v) is 17.7. The van der Waals surface area contributed by atoms with Gasteiger partial charge in [-0.2, -0.15) is 0 Å². The summed E-state index contributed by atoms with van der Waals surface area (Å²) < 4.78 is 12.9. The Hall–Kier alpha value is -6.26. The largest absolute Gasteiger partial charge is 0.456 e. The van der Waals surface area contributed by atoms with E-state index in [0.717, 1.165) is 73.6 Å². The minimum Gasteiger partial charge on any atom is -0.456 e. The zero-order valence-corrected chi connectivity index (χ0v) is 28.2. The number of rotatable bonds is 4. The Labute approximate surface area is 295 Å². The van der Waals surface area contributed by atoms with Gasteiger partial charge < -0.3 is 8.83 Å². The van der Waals surface area contributed by atoms with Crippen LogP contribution in [0.25, 0.3) is 65.8 Å². The molecule has 244 valence electrons. The van der Waals surface area contributed by atoms with Crippen LogP contribution >= 0.6 is 0 Å². The molecule has 0 aliphatic carbocycles. The van der Waals surface area contributed by atoms with E-state index in [-0.39, 0.29) is 12.0 Å². The summed E-state index contributed by atoms with van der Waals surface area (Å²) in [6.07, 6.45) is 1.74. The van der Waals surface area contributed by atoms with Crippen LogP contribution in [-0.2, 0) is 0 Å². The molecular weight excluding hydrogens is 625 g/mol. The normalized spacial score (nSPS) is 18.8. The molecule has 4 heteroatoms. The van der Waals surface area contributed by atoms with Crippen LogP contribution in [-0.4, -0.2) is 11.5 Å². The van der Waals surface area contributed by atoms with E-state index >= 15 is 0 Å². The number of amidine groups is 1. The van der Waals surface area contributed by atoms with E-state index in [0.29, 0.717) is 5.84 Å². The van der Waals surface area contributed by atoms with Crippen molar-refractivity contribution < 1.29 is 8.83 Å². The average Bonchev–Trinajstić information content (AvgIpc) is 3.76. The highest BCUT2D eigenvalue weighted by Gasteiger charge is 2.26. The second kappa shape index (κ2) is 12.0. The lowest BCUT2D eigenvalue weighted by Crippen LogP contribution is -2.18. The Balaban J connectivity index is 1.14. The van der Waals surface area contributed by atoms with E-state index in [1.807, 2.05) is 30.3 Å². The lowest BCUT2D eigenvalue weighted by Gasteiger charge is -2.25. The maximum atomic E-state index is 6.56. The summed E-state index contributed by atoms with van der Waals surface area (Å²) >= 11 is 0. The summed E-state index contributed by atoms with van der Waals surface area (Å²) in [5.74, 6) is 0.946. The minimum atomic E-state index is -0.0823. The van der Waals surface area contributed by atoms with Crippen LogP contribution in [0.4, 0.5) is 0 Å². The number of hydrogen-bond acceptors (Lipinski definition) is 4. The van der Waals surface area contributed by atoms with Crippen LogP contribution in [0.1, 0.15) is 42.5 Å². The van der Waals surface area contributed by atoms with Crippen molar-refractivity contribution in [2.24, 2.45) is 15.9 Å². The molecule has 1 aliphatic heterocycles. The third-order valence-corrected chi connectivity index (χ3v) is 10.6. The third-order valence-electron chi connectivity index (χ3n) is 10.6. The van der Waals surface area contributed by atoms with E-state index in [2.05, 4.69) is 128 Å². The molecule has 10 rings (SSSR count). The molecular formula is C47H34N2O2. The predicted molar refractivity (Wildman–Crippen MR) is 211 cm³/mol. The standard InChI is InChI=1S/C47H34N2O2/c1-29-20-27-40(37-15-9-19-43-44(37)38-13-5-7-18-42(38)50-43)48-47(39-16-8-14-36-35-12-4-6-17-41(35)51-46(36)39)49-45(29)32-24-21-31(22-25-32)34-26-23-30-10-2-3-11-33(30)28-34/h2-19,21-26,28-29,45H,20,27H2,1H3/b48-40+,49-47-. The molecule has 3 heterocycles. The first-order chi connectivity index (χ1) is 25.2. The van der Waals surface area contributed by atoms with Crippen molar-refractivity contribution >= 4 is 66.2 Å². The maximum Gasteiger partial charge on any atom is 0.159 e. The van der Waals surface area contributed by atoms with Crippen molar-refractivity contribution in [3.05, 3.63) is 168 Å². The van der Waals surface area contributed by atoms with Crippen molar-refractivity contribution in [2.75, 3.05) is 0 Å². The molecule has 4 nitrogen and oxygen atoms in total. The number of hydrogen-bond donors (Lipinski definition) is 0. The highest BCUT2D eigenvalue weighted by molar-refractivity contribution is 6.23. The third kappa shape index (κ3) is 5.06. The lowest BCUT2D eigenvalue weighted by molar-refractivity contribution is 0.446. The van der Waals surface area contributed by atoms with Gasteiger partial charge in [-0.05, 0) is 76.6 Å². The molecule has 1 aliphatic rings. The molecule has 0 amide bonds. The van der Waals surface area contributed by atoms with Crippen LogP contribution in [0.2, 0.25) is 0 Å². The van der Waals surface area contributed by atoms with Gasteiger partial charge in [0.25, 0.3) is 0 Å². The van der Waals surface area contributed by atoms with E-state index in [4.69, 9.17) is 18.8 Å². The first-order valence-electron chi connectivity index (χ1n) is 17.7. The van der Waals surface area contributed by atoms with Crippen molar-refractivity contribution in [2.45, 2.75) is 25.8 Å². The molecule has 0 spiro atoms. The SMILES string of the molecule is CC1CC/C(c2cccc3oc4ccccc4c23)=N\C(c2cccc3c2oc2ccccc23)=N/C1c1ccc(-c2ccc3ccccc3c2)cc1. The summed E-state index contributed by atoms with van der Waals surface area (Å²) in [7, 11) is 0. The summed E-state index contributed by atoms with van der Waals surface area (Å²) in [6, 6.07) is 53.2. The number of fused-ring (bicyclic) bond motifs is 7. The zero-order chi connectivity index (χ0) is 33.9. The van der Waals surface area contributed by atoms with Crippen molar-refractivity contribution in [1.82, 2.24) is 0 Å². The molecule has 7 aromatic carbocycles. The Bertz CT molecular complexity index is 2840. The molecule has 2 aromatic heterocycles. The van der Waals surface area contributed by atoms with Gasteiger partial charge in [-0.1, -0.05) is 128 Å². The highest BCUT2D eigenvalue weighted by atomic mass is 16.3. The van der Waals surface area contributed by atoms with Crippen LogP contribution in [0.15, 0.2) is 170 Å². The molecule has 0 radical (unpaired) electrons. The minimum absolute atomic E-state index is 0.0823. The molecule has 0 fully saturated rings. The highest BCUT2D eigenvalue weighted by Crippen LogP contribution is 2.38. The summed E-state index contributed by atoms with van der Waals surface area (Å²) in [4.78, 5) is 11.1. The van der Waals surface area contributed by atoms with Gasteiger partial charge in [-0.3, -0.25) is 4.99 Å². The van der Waals surface area contributed by atoms with Gasteiger partial charge in [0.05, 0.1) is 17.3 Å². The van der Waals surface area contributed by atoms with Crippen LogP contribution in [0.5, 0.6) is 0 Å². The predicted octanol–water partition coefficient (Wildman–Crippen LogP) is 12.7. The Morgan fingerprint density at radius 2 is 1.22 bits per heavy atom. The topological polar surface area (TPSA) is 51.0 Å². The molecule has 0 bridgehead atoms. The van der Waals surface area contributed by atoms with Gasteiger partial charge in [0.1, 0.15) is 22.3 Å². The number of aliphatic imine (C=N–C) groups is 2. The first kappa shape index (κ1) is 29.6. The fraction of sp³-hybridized carbons (Fsp3) is 0.106. The summed E-state index contributed by atoms with van der Waals surface area (Å²) in [6.45, 7) is 2.32. The van der Waals surface area contributed by atoms with Crippen LogP contribution in [0.3, 0.4) is 0 Å². The van der Waals surface area contributed by atoms with Gasteiger partial charge in [0.15, 0.2) is 5.84 Å². The molecule has 0 N–H and O–H groups in total. The summed E-state index contributed by atoms with van der Waals surface area (Å²) in [5, 5.41) is 6.85. The maximum absolute atomic E-state index is 6.56. The molecule has 2 atom stereocenters. The smallest absolute Gasteiger partial charge is 0.159 e. The molecule has 0 saturated heterocycles. The van der Waals surface area contributed by atoms with Gasteiger partial charge in [-0.15, -0.1) is 0 Å². The summed E-state index contributed by atoms with van der Waals surface area (Å²) in [5.41, 5.74) is 10.0. The van der Waals surface area contributed by atoms with E-state index < -0.39 is 0 Å².